The highest BCUT2D eigenvalue weighted by Gasteiger charge is 2.21. The molecular formula is C23H17ClN2O2. The van der Waals surface area contributed by atoms with Gasteiger partial charge in [-0.2, -0.15) is 0 Å². The molecule has 0 aliphatic rings. The van der Waals surface area contributed by atoms with Crippen molar-refractivity contribution in [2.75, 3.05) is 5.32 Å². The van der Waals surface area contributed by atoms with E-state index in [2.05, 4.69) is 10.3 Å². The lowest BCUT2D eigenvalue weighted by atomic mass is 10.1. The first-order valence-electron chi connectivity index (χ1n) is 8.82. The first-order chi connectivity index (χ1) is 13.5. The third kappa shape index (κ3) is 3.42. The van der Waals surface area contributed by atoms with E-state index in [0.29, 0.717) is 33.0 Å². The number of hydrogen-bond acceptors (Lipinski definition) is 2. The number of aromatic nitrogens is 1. The Morgan fingerprint density at radius 3 is 2.32 bits per heavy atom. The number of rotatable bonds is 4. The van der Waals surface area contributed by atoms with Gasteiger partial charge >= 0.3 is 0 Å². The van der Waals surface area contributed by atoms with Crippen LogP contribution in [0.15, 0.2) is 72.8 Å². The zero-order valence-corrected chi connectivity index (χ0v) is 15.9. The van der Waals surface area contributed by atoms with E-state index in [9.17, 15) is 9.59 Å². The predicted molar refractivity (Wildman–Crippen MR) is 112 cm³/mol. The number of hydrogen-bond donors (Lipinski definition) is 2. The molecule has 0 spiro atoms. The van der Waals surface area contributed by atoms with Crippen LogP contribution >= 0.6 is 11.6 Å². The number of carbonyl (C=O) groups is 2. The van der Waals surface area contributed by atoms with Gasteiger partial charge in [0.15, 0.2) is 0 Å². The summed E-state index contributed by atoms with van der Waals surface area (Å²) in [6.07, 6.45) is 0. The molecule has 1 amide bonds. The number of aryl methyl sites for hydroxylation is 1. The van der Waals surface area contributed by atoms with E-state index >= 15 is 0 Å². The Kier molecular flexibility index (Phi) is 4.72. The van der Waals surface area contributed by atoms with Crippen molar-refractivity contribution in [2.24, 2.45) is 0 Å². The van der Waals surface area contributed by atoms with Crippen molar-refractivity contribution < 1.29 is 9.59 Å². The highest BCUT2D eigenvalue weighted by atomic mass is 35.5. The molecule has 0 fully saturated rings. The molecule has 138 valence electrons. The van der Waals surface area contributed by atoms with Crippen LogP contribution < -0.4 is 5.32 Å². The maximum Gasteiger partial charge on any atom is 0.255 e. The Bertz CT molecular complexity index is 1180. The number of anilines is 1. The van der Waals surface area contributed by atoms with Gasteiger partial charge in [0.2, 0.25) is 5.78 Å². The minimum Gasteiger partial charge on any atom is -0.350 e. The van der Waals surface area contributed by atoms with Gasteiger partial charge in [0.1, 0.15) is 5.69 Å². The quantitative estimate of drug-likeness (QED) is 0.446. The monoisotopic (exact) mass is 388 g/mol. The van der Waals surface area contributed by atoms with E-state index in [1.54, 1.807) is 54.6 Å². The van der Waals surface area contributed by atoms with Crippen molar-refractivity contribution in [3.8, 4) is 0 Å². The van der Waals surface area contributed by atoms with Gasteiger partial charge in [-0.15, -0.1) is 0 Å². The third-order valence-electron chi connectivity index (χ3n) is 4.58. The second-order valence-corrected chi connectivity index (χ2v) is 7.02. The summed E-state index contributed by atoms with van der Waals surface area (Å²) >= 11 is 6.10. The van der Waals surface area contributed by atoms with E-state index in [1.807, 2.05) is 25.1 Å². The van der Waals surface area contributed by atoms with Crippen LogP contribution in [0.3, 0.4) is 0 Å². The zero-order valence-electron chi connectivity index (χ0n) is 15.1. The molecule has 0 bridgehead atoms. The fourth-order valence-electron chi connectivity index (χ4n) is 3.09. The van der Waals surface area contributed by atoms with Crippen LogP contribution in [0.25, 0.3) is 10.9 Å². The van der Waals surface area contributed by atoms with E-state index in [4.69, 9.17) is 11.6 Å². The topological polar surface area (TPSA) is 62.0 Å². The predicted octanol–water partition coefficient (Wildman–Crippen LogP) is 5.61. The molecule has 0 saturated heterocycles. The number of fused-ring (bicyclic) bond motifs is 1. The molecule has 4 rings (SSSR count). The number of carbonyl (C=O) groups excluding carboxylic acids is 2. The van der Waals surface area contributed by atoms with E-state index in [-0.39, 0.29) is 11.7 Å². The highest BCUT2D eigenvalue weighted by molar-refractivity contribution is 6.31. The maximum atomic E-state index is 13.1. The molecule has 1 aromatic heterocycles. The van der Waals surface area contributed by atoms with Crippen LogP contribution in [0, 0.1) is 6.92 Å². The Morgan fingerprint density at radius 2 is 1.61 bits per heavy atom. The lowest BCUT2D eigenvalue weighted by Gasteiger charge is -2.08. The summed E-state index contributed by atoms with van der Waals surface area (Å²) in [5, 5.41) is 4.18. The molecule has 0 aliphatic heterocycles. The molecule has 0 aliphatic carbocycles. The molecule has 3 aromatic carbocycles. The molecule has 4 aromatic rings. The molecule has 0 radical (unpaired) electrons. The molecule has 2 N–H and O–H groups in total. The molecule has 4 nitrogen and oxygen atoms in total. The van der Waals surface area contributed by atoms with Crippen molar-refractivity contribution in [1.82, 2.24) is 4.98 Å². The minimum atomic E-state index is -0.280. The molecule has 28 heavy (non-hydrogen) atoms. The average Bonchev–Trinajstić information content (AvgIpc) is 3.05. The number of halogens is 1. The summed E-state index contributed by atoms with van der Waals surface area (Å²) < 4.78 is 0. The summed E-state index contributed by atoms with van der Waals surface area (Å²) in [7, 11) is 0. The first-order valence-corrected chi connectivity index (χ1v) is 9.20. The zero-order chi connectivity index (χ0) is 19.7. The standard InChI is InChI=1S/C23H17ClN2O2/c1-14-7-9-16(10-8-14)23(28)26-20-18-12-11-17(24)13-19(18)25-21(20)22(27)15-5-3-2-4-6-15/h2-13,25H,1H3,(H,26,28). The lowest BCUT2D eigenvalue weighted by molar-refractivity contribution is 0.102. The molecular weight excluding hydrogens is 372 g/mol. The summed E-state index contributed by atoms with van der Waals surface area (Å²) in [4.78, 5) is 29.0. The minimum absolute atomic E-state index is 0.202. The van der Waals surface area contributed by atoms with Gasteiger partial charge in [-0.3, -0.25) is 9.59 Å². The number of nitrogens with one attached hydrogen (secondary N) is 2. The summed E-state index contributed by atoms with van der Waals surface area (Å²) in [5.74, 6) is -0.481. The van der Waals surface area contributed by atoms with Crippen molar-refractivity contribution in [2.45, 2.75) is 6.92 Å². The molecule has 1 heterocycles. The van der Waals surface area contributed by atoms with E-state index < -0.39 is 0 Å². The van der Waals surface area contributed by atoms with Gasteiger partial charge in [0.05, 0.1) is 5.69 Å². The number of amides is 1. The van der Waals surface area contributed by atoms with Gasteiger partial charge < -0.3 is 10.3 Å². The van der Waals surface area contributed by atoms with E-state index in [0.717, 1.165) is 10.9 Å². The van der Waals surface area contributed by atoms with Crippen molar-refractivity contribution in [1.29, 1.82) is 0 Å². The second kappa shape index (κ2) is 7.33. The highest BCUT2D eigenvalue weighted by Crippen LogP contribution is 2.31. The smallest absolute Gasteiger partial charge is 0.255 e. The van der Waals surface area contributed by atoms with Gasteiger partial charge in [-0.1, -0.05) is 59.6 Å². The second-order valence-electron chi connectivity index (χ2n) is 6.58. The molecule has 5 heteroatoms. The lowest BCUT2D eigenvalue weighted by Crippen LogP contribution is -2.14. The number of benzene rings is 3. The third-order valence-corrected chi connectivity index (χ3v) is 4.81. The first kappa shape index (κ1) is 18.0. The summed E-state index contributed by atoms with van der Waals surface area (Å²) in [5.41, 5.74) is 3.58. The van der Waals surface area contributed by atoms with Gasteiger partial charge in [0, 0.05) is 27.1 Å². The van der Waals surface area contributed by atoms with Crippen LogP contribution in [0.4, 0.5) is 5.69 Å². The molecule has 0 atom stereocenters. The van der Waals surface area contributed by atoms with Crippen LogP contribution in [0.5, 0.6) is 0 Å². The van der Waals surface area contributed by atoms with E-state index in [1.165, 1.54) is 0 Å². The molecule has 0 unspecified atom stereocenters. The maximum absolute atomic E-state index is 13.1. The van der Waals surface area contributed by atoms with Crippen LogP contribution in [-0.2, 0) is 0 Å². The van der Waals surface area contributed by atoms with Crippen LogP contribution in [0.1, 0.15) is 32.0 Å². The molecule has 0 saturated carbocycles. The fraction of sp³-hybridized carbons (Fsp3) is 0.0435. The Labute approximate surface area is 167 Å². The number of H-pyrrole nitrogens is 1. The van der Waals surface area contributed by atoms with Crippen molar-refractivity contribution in [3.63, 3.8) is 0 Å². The Balaban J connectivity index is 1.80. The summed E-state index contributed by atoms with van der Waals surface area (Å²) in [6.45, 7) is 1.96. The SMILES string of the molecule is Cc1ccc(C(=O)Nc2c(C(=O)c3ccccc3)[nH]c3cc(Cl)ccc23)cc1. The van der Waals surface area contributed by atoms with Crippen LogP contribution in [0.2, 0.25) is 5.02 Å². The normalized spacial score (nSPS) is 10.8. The fourth-order valence-corrected chi connectivity index (χ4v) is 3.27. The van der Waals surface area contributed by atoms with Gasteiger partial charge in [-0.25, -0.2) is 0 Å². The number of aromatic amines is 1. The Morgan fingerprint density at radius 1 is 0.893 bits per heavy atom. The van der Waals surface area contributed by atoms with Crippen molar-refractivity contribution >= 4 is 39.9 Å². The Hall–Kier alpha value is -3.37. The van der Waals surface area contributed by atoms with Crippen molar-refractivity contribution in [3.05, 3.63) is 100 Å². The van der Waals surface area contributed by atoms with Crippen LogP contribution in [-0.4, -0.2) is 16.7 Å². The van der Waals surface area contributed by atoms with Gasteiger partial charge in [0.25, 0.3) is 5.91 Å². The average molecular weight is 389 g/mol. The summed E-state index contributed by atoms with van der Waals surface area (Å²) in [6, 6.07) is 21.5. The van der Waals surface area contributed by atoms with Gasteiger partial charge in [-0.05, 0) is 37.3 Å². The largest absolute Gasteiger partial charge is 0.350 e. The number of ketones is 1.